The summed E-state index contributed by atoms with van der Waals surface area (Å²) in [5.41, 5.74) is 0.648. The summed E-state index contributed by atoms with van der Waals surface area (Å²) in [6, 6.07) is 9.35. The van der Waals surface area contributed by atoms with Crippen LogP contribution in [0.2, 0.25) is 0 Å². The molecule has 0 radical (unpaired) electrons. The first-order valence-corrected chi connectivity index (χ1v) is 8.47. The number of hydrogen-bond donors (Lipinski definition) is 2. The lowest BCUT2D eigenvalue weighted by Gasteiger charge is -2.19. The summed E-state index contributed by atoms with van der Waals surface area (Å²) in [6.45, 7) is 1.09. The molecule has 0 aliphatic carbocycles. The number of nitrogens with one attached hydrogen (secondary N) is 1. The van der Waals surface area contributed by atoms with Crippen LogP contribution in [0, 0.1) is 18.6 Å². The van der Waals surface area contributed by atoms with E-state index in [0.29, 0.717) is 11.6 Å². The summed E-state index contributed by atoms with van der Waals surface area (Å²) in [5.74, 6) is -1.82. The summed E-state index contributed by atoms with van der Waals surface area (Å²) in [6.07, 6.45) is 0.110. The van der Waals surface area contributed by atoms with Gasteiger partial charge in [0, 0.05) is 12.6 Å². The molecule has 0 saturated heterocycles. The Morgan fingerprint density at radius 1 is 1.13 bits per heavy atom. The lowest BCUT2D eigenvalue weighted by molar-refractivity contribution is 0.272. The average Bonchev–Trinajstić information content (AvgIpc) is 2.51. The van der Waals surface area contributed by atoms with Crippen molar-refractivity contribution in [2.45, 2.75) is 24.3 Å². The molecule has 2 aromatic rings. The Hall–Kier alpha value is -1.83. The van der Waals surface area contributed by atoms with Gasteiger partial charge in [0.05, 0.1) is 0 Å². The molecule has 7 heteroatoms. The summed E-state index contributed by atoms with van der Waals surface area (Å²) >= 11 is 0. The molecule has 2 N–H and O–H groups in total. The van der Waals surface area contributed by atoms with Crippen molar-refractivity contribution >= 4 is 10.0 Å². The minimum absolute atomic E-state index is 0.0245. The van der Waals surface area contributed by atoms with Gasteiger partial charge in [-0.1, -0.05) is 30.3 Å². The maximum atomic E-state index is 13.9. The van der Waals surface area contributed by atoms with E-state index in [1.54, 1.807) is 30.3 Å². The summed E-state index contributed by atoms with van der Waals surface area (Å²) < 4.78 is 54.6. The molecule has 2 rings (SSSR count). The van der Waals surface area contributed by atoms with Crippen LogP contribution in [-0.2, 0) is 10.0 Å². The van der Waals surface area contributed by atoms with Gasteiger partial charge in [-0.15, -0.1) is 0 Å². The topological polar surface area (TPSA) is 66.4 Å². The highest BCUT2D eigenvalue weighted by atomic mass is 32.2. The van der Waals surface area contributed by atoms with Gasteiger partial charge in [-0.2, -0.15) is 0 Å². The molecule has 124 valence electrons. The number of rotatable bonds is 6. The lowest BCUT2D eigenvalue weighted by atomic mass is 10.1. The molecule has 0 heterocycles. The van der Waals surface area contributed by atoms with Gasteiger partial charge in [0.2, 0.25) is 10.0 Å². The molecular weight excluding hydrogens is 324 g/mol. The molecule has 1 atom stereocenters. The zero-order chi connectivity index (χ0) is 17.0. The molecular formula is C16H17F2NO3S. The Bertz CT molecular complexity index is 779. The fraction of sp³-hybridized carbons (Fsp3) is 0.250. The third-order valence-corrected chi connectivity index (χ3v) is 4.91. The predicted molar refractivity (Wildman–Crippen MR) is 82.3 cm³/mol. The van der Waals surface area contributed by atoms with E-state index in [-0.39, 0.29) is 18.6 Å². The Morgan fingerprint density at radius 2 is 1.78 bits per heavy atom. The van der Waals surface area contributed by atoms with E-state index in [4.69, 9.17) is 5.11 Å². The maximum Gasteiger partial charge on any atom is 0.244 e. The van der Waals surface area contributed by atoms with Crippen LogP contribution in [0.25, 0.3) is 0 Å². The molecule has 0 aromatic heterocycles. The zero-order valence-corrected chi connectivity index (χ0v) is 13.3. The molecule has 0 aliphatic rings. The quantitative estimate of drug-likeness (QED) is 0.849. The second-order valence-electron chi connectivity index (χ2n) is 5.13. The summed E-state index contributed by atoms with van der Waals surface area (Å²) in [7, 11) is -4.28. The second-order valence-corrected chi connectivity index (χ2v) is 6.81. The smallest absolute Gasteiger partial charge is 0.244 e. The van der Waals surface area contributed by atoms with E-state index in [0.717, 1.165) is 6.07 Å². The van der Waals surface area contributed by atoms with Gasteiger partial charge >= 0.3 is 0 Å². The van der Waals surface area contributed by atoms with Gasteiger partial charge in [-0.25, -0.2) is 21.9 Å². The van der Waals surface area contributed by atoms with Crippen molar-refractivity contribution in [2.75, 3.05) is 6.61 Å². The van der Waals surface area contributed by atoms with E-state index in [9.17, 15) is 17.2 Å². The van der Waals surface area contributed by atoms with E-state index in [2.05, 4.69) is 4.72 Å². The van der Waals surface area contributed by atoms with E-state index in [1.807, 2.05) is 0 Å². The van der Waals surface area contributed by atoms with E-state index in [1.165, 1.54) is 6.92 Å². The number of aliphatic hydroxyl groups is 1. The molecule has 0 saturated carbocycles. The number of aliphatic hydroxyl groups excluding tert-OH is 1. The van der Waals surface area contributed by atoms with Gasteiger partial charge < -0.3 is 5.11 Å². The van der Waals surface area contributed by atoms with Crippen LogP contribution in [-0.4, -0.2) is 20.1 Å². The third kappa shape index (κ3) is 4.13. The third-order valence-electron chi connectivity index (χ3n) is 3.42. The van der Waals surface area contributed by atoms with E-state index >= 15 is 0 Å². The molecule has 0 bridgehead atoms. The minimum Gasteiger partial charge on any atom is -0.396 e. The molecule has 0 fully saturated rings. The minimum atomic E-state index is -4.28. The monoisotopic (exact) mass is 341 g/mol. The first-order chi connectivity index (χ1) is 10.8. The fourth-order valence-corrected chi connectivity index (χ4v) is 3.52. The van der Waals surface area contributed by atoms with Crippen molar-refractivity contribution in [3.63, 3.8) is 0 Å². The summed E-state index contributed by atoms with van der Waals surface area (Å²) in [4.78, 5) is -0.750. The number of halogens is 2. The molecule has 0 spiro atoms. The number of sulfonamides is 1. The number of hydrogen-bond acceptors (Lipinski definition) is 3. The predicted octanol–water partition coefficient (Wildman–Crippen LogP) is 2.68. The highest BCUT2D eigenvalue weighted by molar-refractivity contribution is 7.89. The highest BCUT2D eigenvalue weighted by Crippen LogP contribution is 2.23. The second kappa shape index (κ2) is 7.16. The van der Waals surface area contributed by atoms with Crippen LogP contribution < -0.4 is 4.72 Å². The molecule has 23 heavy (non-hydrogen) atoms. The van der Waals surface area contributed by atoms with Crippen molar-refractivity contribution in [2.24, 2.45) is 0 Å². The molecule has 0 unspecified atom stereocenters. The number of aryl methyl sites for hydroxylation is 1. The maximum absolute atomic E-state index is 13.9. The number of benzene rings is 2. The average molecular weight is 341 g/mol. The van der Waals surface area contributed by atoms with Gasteiger partial charge in [0.15, 0.2) is 0 Å². The lowest BCUT2D eigenvalue weighted by Crippen LogP contribution is -2.30. The van der Waals surface area contributed by atoms with Crippen LogP contribution in [0.3, 0.4) is 0 Å². The summed E-state index contributed by atoms with van der Waals surface area (Å²) in [5, 5.41) is 9.13. The first kappa shape index (κ1) is 17.5. The van der Waals surface area contributed by atoms with Gasteiger partial charge in [0.1, 0.15) is 16.5 Å². The molecule has 2 aromatic carbocycles. The Kier molecular flexibility index (Phi) is 5.46. The molecule has 0 amide bonds. The highest BCUT2D eigenvalue weighted by Gasteiger charge is 2.25. The van der Waals surface area contributed by atoms with Gasteiger partial charge in [-0.05, 0) is 36.6 Å². The normalized spacial score (nSPS) is 13.0. The zero-order valence-electron chi connectivity index (χ0n) is 12.5. The van der Waals surface area contributed by atoms with Crippen LogP contribution in [0.5, 0.6) is 0 Å². The van der Waals surface area contributed by atoms with Crippen LogP contribution in [0.4, 0.5) is 8.78 Å². The van der Waals surface area contributed by atoms with E-state index < -0.39 is 32.6 Å². The first-order valence-electron chi connectivity index (χ1n) is 6.99. The standard InChI is InChI=1S/C16H17F2NO3S/c1-11-9-14(18)16(10-13(11)17)23(21,22)19-15(7-8-20)12-5-3-2-4-6-12/h2-6,9-10,15,19-20H,7-8H2,1H3/t15-/m1/s1. The molecule has 4 nitrogen and oxygen atoms in total. The Labute approximate surface area is 133 Å². The SMILES string of the molecule is Cc1cc(F)c(S(=O)(=O)N[C@H](CCO)c2ccccc2)cc1F. The van der Waals surface area contributed by atoms with Gasteiger partial charge in [0.25, 0.3) is 0 Å². The van der Waals surface area contributed by atoms with Crippen molar-refractivity contribution in [3.8, 4) is 0 Å². The Morgan fingerprint density at radius 3 is 2.39 bits per heavy atom. The van der Waals surface area contributed by atoms with Crippen LogP contribution in [0.15, 0.2) is 47.4 Å². The molecule has 0 aliphatic heterocycles. The Balaban J connectivity index is 2.37. The largest absolute Gasteiger partial charge is 0.396 e. The van der Waals surface area contributed by atoms with Gasteiger partial charge in [-0.3, -0.25) is 0 Å². The van der Waals surface area contributed by atoms with Crippen molar-refractivity contribution in [1.29, 1.82) is 0 Å². The van der Waals surface area contributed by atoms with Crippen LogP contribution >= 0.6 is 0 Å². The van der Waals surface area contributed by atoms with Crippen molar-refractivity contribution in [1.82, 2.24) is 4.72 Å². The van der Waals surface area contributed by atoms with Crippen molar-refractivity contribution in [3.05, 3.63) is 65.2 Å². The fourth-order valence-electron chi connectivity index (χ4n) is 2.19. The van der Waals surface area contributed by atoms with Crippen LogP contribution in [0.1, 0.15) is 23.6 Å². The van der Waals surface area contributed by atoms with Crippen molar-refractivity contribution < 1.29 is 22.3 Å².